The molecule has 0 aliphatic rings. The second kappa shape index (κ2) is 25.1. The van der Waals surface area contributed by atoms with Crippen LogP contribution in [-0.2, 0) is 9.53 Å². The fourth-order valence-electron chi connectivity index (χ4n) is 4.25. The summed E-state index contributed by atoms with van der Waals surface area (Å²) in [6.45, 7) is 6.72. The summed E-state index contributed by atoms with van der Waals surface area (Å²) in [4.78, 5) is 11.7. The number of carbonyl (C=O) groups is 1. The molecule has 192 valence electrons. The lowest BCUT2D eigenvalue weighted by Gasteiger charge is -2.14. The highest BCUT2D eigenvalue weighted by atomic mass is 16.5. The average Bonchev–Trinajstić information content (AvgIpc) is 2.78. The van der Waals surface area contributed by atoms with E-state index < -0.39 is 6.04 Å². The lowest BCUT2D eigenvalue weighted by atomic mass is 10.0. The van der Waals surface area contributed by atoms with Crippen LogP contribution in [0.5, 0.6) is 0 Å². The molecule has 0 saturated carbocycles. The first-order chi connectivity index (χ1) is 15.6. The van der Waals surface area contributed by atoms with Crippen LogP contribution in [0.25, 0.3) is 0 Å². The van der Waals surface area contributed by atoms with Crippen molar-refractivity contribution < 1.29 is 9.53 Å². The fraction of sp³-hybridized carbons (Fsp3) is 0.966. The number of rotatable bonds is 25. The Balaban J connectivity index is 3.11. The molecule has 2 N–H and O–H groups in total. The van der Waals surface area contributed by atoms with Crippen LogP contribution in [0.15, 0.2) is 0 Å². The largest absolute Gasteiger partial charge is 0.465 e. The predicted octanol–water partition coefficient (Wildman–Crippen LogP) is 9.12. The smallest absolute Gasteiger partial charge is 0.323 e. The van der Waals surface area contributed by atoms with Gasteiger partial charge in [-0.2, -0.15) is 0 Å². The quantitative estimate of drug-likeness (QED) is 0.111. The molecular formula is C29H59NO2. The number of carbonyl (C=O) groups excluding carboxylic acids is 1. The van der Waals surface area contributed by atoms with Gasteiger partial charge in [-0.3, -0.25) is 4.79 Å². The van der Waals surface area contributed by atoms with Gasteiger partial charge in [-0.05, 0) is 12.3 Å². The molecule has 0 spiro atoms. The number of nitrogens with two attached hydrogens (primary N) is 1. The molecule has 0 unspecified atom stereocenters. The van der Waals surface area contributed by atoms with Crippen molar-refractivity contribution in [1.29, 1.82) is 0 Å². The van der Waals surface area contributed by atoms with Crippen molar-refractivity contribution in [3.63, 3.8) is 0 Å². The molecule has 0 aromatic carbocycles. The Morgan fingerprint density at radius 2 is 0.844 bits per heavy atom. The molecule has 0 aromatic rings. The highest BCUT2D eigenvalue weighted by molar-refractivity contribution is 5.75. The van der Waals surface area contributed by atoms with Crippen molar-refractivity contribution in [3.8, 4) is 0 Å². The second-order valence-corrected chi connectivity index (χ2v) is 10.4. The zero-order valence-corrected chi connectivity index (χ0v) is 22.3. The monoisotopic (exact) mass is 453 g/mol. The zero-order valence-electron chi connectivity index (χ0n) is 22.3. The molecule has 0 amide bonds. The second-order valence-electron chi connectivity index (χ2n) is 10.4. The van der Waals surface area contributed by atoms with Crippen molar-refractivity contribution in [1.82, 2.24) is 0 Å². The summed E-state index contributed by atoms with van der Waals surface area (Å²) in [5.74, 6) is -0.101. The minimum atomic E-state index is -0.477. The first-order valence-corrected chi connectivity index (χ1v) is 14.5. The predicted molar refractivity (Wildman–Crippen MR) is 141 cm³/mol. The minimum Gasteiger partial charge on any atom is -0.465 e. The Hall–Kier alpha value is -0.570. The molecule has 3 heteroatoms. The van der Waals surface area contributed by atoms with Gasteiger partial charge in [0, 0.05) is 0 Å². The summed E-state index contributed by atoms with van der Waals surface area (Å²) in [6, 6.07) is -0.477. The van der Waals surface area contributed by atoms with E-state index in [4.69, 9.17) is 10.5 Å². The van der Waals surface area contributed by atoms with Gasteiger partial charge < -0.3 is 10.5 Å². The van der Waals surface area contributed by atoms with Crippen molar-refractivity contribution in [2.75, 3.05) is 6.61 Å². The molecule has 0 rings (SSSR count). The van der Waals surface area contributed by atoms with Gasteiger partial charge in [0.25, 0.3) is 0 Å². The van der Waals surface area contributed by atoms with Crippen LogP contribution >= 0.6 is 0 Å². The summed E-state index contributed by atoms with van der Waals surface area (Å²) in [6.07, 6.45) is 30.5. The molecule has 32 heavy (non-hydrogen) atoms. The van der Waals surface area contributed by atoms with Gasteiger partial charge in [-0.25, -0.2) is 0 Å². The number of unbranched alkanes of at least 4 members (excludes halogenated alkanes) is 21. The molecule has 0 saturated heterocycles. The number of ether oxygens (including phenoxy) is 1. The van der Waals surface area contributed by atoms with Gasteiger partial charge >= 0.3 is 5.97 Å². The van der Waals surface area contributed by atoms with Crippen LogP contribution in [0.3, 0.4) is 0 Å². The van der Waals surface area contributed by atoms with Crippen molar-refractivity contribution >= 4 is 5.97 Å². The van der Waals surface area contributed by atoms with Gasteiger partial charge in [0.15, 0.2) is 0 Å². The van der Waals surface area contributed by atoms with Crippen LogP contribution in [0.4, 0.5) is 0 Å². The standard InChI is InChI=1S/C29H59NO2/c1-4-5-6-7-8-9-10-11-12-13-14-15-16-17-18-19-20-21-22-23-24-25-26-32-29(31)28(30)27(2)3/h27-28H,4-26,30H2,1-3H3/t28-/m0/s1. The van der Waals surface area contributed by atoms with E-state index in [1.165, 1.54) is 128 Å². The molecule has 0 bridgehead atoms. The Kier molecular flexibility index (Phi) is 24.6. The molecule has 3 nitrogen and oxygen atoms in total. The van der Waals surface area contributed by atoms with Gasteiger partial charge in [0.1, 0.15) is 6.04 Å². The Morgan fingerprint density at radius 1 is 0.562 bits per heavy atom. The zero-order chi connectivity index (χ0) is 23.7. The first-order valence-electron chi connectivity index (χ1n) is 14.5. The van der Waals surface area contributed by atoms with E-state index >= 15 is 0 Å². The first kappa shape index (κ1) is 31.4. The van der Waals surface area contributed by atoms with Crippen molar-refractivity contribution in [3.05, 3.63) is 0 Å². The summed E-state index contributed by atoms with van der Waals surface area (Å²) in [5, 5.41) is 0. The number of esters is 1. The molecule has 0 fully saturated rings. The van der Waals surface area contributed by atoms with E-state index in [1.807, 2.05) is 13.8 Å². The fourth-order valence-corrected chi connectivity index (χ4v) is 4.25. The molecule has 0 heterocycles. The minimum absolute atomic E-state index is 0.145. The maximum Gasteiger partial charge on any atom is 0.323 e. The summed E-state index contributed by atoms with van der Waals surface area (Å²) in [7, 11) is 0. The highest BCUT2D eigenvalue weighted by Crippen LogP contribution is 2.15. The van der Waals surface area contributed by atoms with Crippen LogP contribution in [-0.4, -0.2) is 18.6 Å². The van der Waals surface area contributed by atoms with Gasteiger partial charge in [0.2, 0.25) is 0 Å². The number of hydrogen-bond donors (Lipinski definition) is 1. The molecule has 0 aliphatic heterocycles. The van der Waals surface area contributed by atoms with E-state index in [1.54, 1.807) is 0 Å². The topological polar surface area (TPSA) is 52.3 Å². The summed E-state index contributed by atoms with van der Waals surface area (Å²) in [5.41, 5.74) is 5.78. The van der Waals surface area contributed by atoms with Gasteiger partial charge in [-0.15, -0.1) is 0 Å². The van der Waals surface area contributed by atoms with E-state index in [0.717, 1.165) is 12.8 Å². The van der Waals surface area contributed by atoms with Crippen LogP contribution in [0.1, 0.15) is 162 Å². The van der Waals surface area contributed by atoms with Crippen molar-refractivity contribution in [2.24, 2.45) is 11.7 Å². The van der Waals surface area contributed by atoms with Crippen LogP contribution in [0, 0.1) is 5.92 Å². The van der Waals surface area contributed by atoms with Crippen molar-refractivity contribution in [2.45, 2.75) is 168 Å². The third kappa shape index (κ3) is 22.6. The Morgan fingerprint density at radius 3 is 1.12 bits per heavy atom. The average molecular weight is 454 g/mol. The third-order valence-electron chi connectivity index (χ3n) is 6.73. The lowest BCUT2D eigenvalue weighted by molar-refractivity contribution is -0.146. The van der Waals surface area contributed by atoms with E-state index in [2.05, 4.69) is 6.92 Å². The normalized spacial score (nSPS) is 12.4. The van der Waals surface area contributed by atoms with E-state index in [-0.39, 0.29) is 11.9 Å². The molecule has 0 aliphatic carbocycles. The molecule has 1 atom stereocenters. The number of hydrogen-bond acceptors (Lipinski definition) is 3. The Labute approximate surface area is 202 Å². The van der Waals surface area contributed by atoms with E-state index in [0.29, 0.717) is 6.61 Å². The maximum absolute atomic E-state index is 11.7. The van der Waals surface area contributed by atoms with E-state index in [9.17, 15) is 4.79 Å². The summed E-state index contributed by atoms with van der Waals surface area (Å²) < 4.78 is 5.24. The molecule has 0 aromatic heterocycles. The van der Waals surface area contributed by atoms with Crippen LogP contribution < -0.4 is 5.73 Å². The van der Waals surface area contributed by atoms with Crippen LogP contribution in [0.2, 0.25) is 0 Å². The highest BCUT2D eigenvalue weighted by Gasteiger charge is 2.18. The van der Waals surface area contributed by atoms with Gasteiger partial charge in [-0.1, -0.05) is 156 Å². The molecular weight excluding hydrogens is 394 g/mol. The lowest BCUT2D eigenvalue weighted by Crippen LogP contribution is -2.37. The maximum atomic E-state index is 11.7. The van der Waals surface area contributed by atoms with Gasteiger partial charge in [0.05, 0.1) is 6.61 Å². The third-order valence-corrected chi connectivity index (χ3v) is 6.73. The SMILES string of the molecule is CCCCCCCCCCCCCCCCCCCCCCCCOC(=O)[C@@H](N)C(C)C. The summed E-state index contributed by atoms with van der Waals surface area (Å²) >= 11 is 0. The molecule has 0 radical (unpaired) electrons. The Bertz CT molecular complexity index is 383.